The zero-order valence-electron chi connectivity index (χ0n) is 10.3. The van der Waals surface area contributed by atoms with Crippen LogP contribution in [-0.4, -0.2) is 23.2 Å². The number of aliphatic hydroxyl groups is 1. The van der Waals surface area contributed by atoms with E-state index in [1.165, 1.54) is 0 Å². The molecule has 1 amide bonds. The topological polar surface area (TPSA) is 75.4 Å². The highest BCUT2D eigenvalue weighted by Crippen LogP contribution is 2.28. The van der Waals surface area contributed by atoms with Crippen molar-refractivity contribution < 1.29 is 9.90 Å². The summed E-state index contributed by atoms with van der Waals surface area (Å²) in [4.78, 5) is 12.2. The van der Waals surface area contributed by atoms with Gasteiger partial charge in [-0.25, -0.2) is 0 Å². The minimum Gasteiger partial charge on any atom is -0.397 e. The molecule has 4 nitrogen and oxygen atoms in total. The van der Waals surface area contributed by atoms with Gasteiger partial charge in [0, 0.05) is 15.0 Å². The van der Waals surface area contributed by atoms with Crippen LogP contribution in [0.5, 0.6) is 0 Å². The molecule has 104 valence electrons. The van der Waals surface area contributed by atoms with Crippen molar-refractivity contribution in [3.05, 3.63) is 26.6 Å². The van der Waals surface area contributed by atoms with Crippen LogP contribution in [0.15, 0.2) is 21.1 Å². The molecular formula is C13H16Br2N2O2. The predicted molar refractivity (Wildman–Crippen MR) is 82.0 cm³/mol. The fourth-order valence-electron chi connectivity index (χ4n) is 2.26. The molecule has 1 aromatic rings. The lowest BCUT2D eigenvalue weighted by atomic mass is 9.93. The van der Waals surface area contributed by atoms with Crippen LogP contribution in [0.2, 0.25) is 0 Å². The van der Waals surface area contributed by atoms with Crippen LogP contribution in [-0.2, 0) is 0 Å². The van der Waals surface area contributed by atoms with Gasteiger partial charge >= 0.3 is 0 Å². The second kappa shape index (κ2) is 6.24. The first kappa shape index (κ1) is 14.8. The van der Waals surface area contributed by atoms with Crippen LogP contribution in [0, 0.1) is 0 Å². The molecule has 1 fully saturated rings. The standard InChI is InChI=1S/C13H16Br2N2O2/c14-7-5-10(12(16)11(15)6-7)13(19)17-8-1-3-9(18)4-2-8/h5-6,8-9,18H,1-4,16H2,(H,17,19). The van der Waals surface area contributed by atoms with Crippen LogP contribution in [0.4, 0.5) is 5.69 Å². The van der Waals surface area contributed by atoms with Gasteiger partial charge < -0.3 is 16.2 Å². The summed E-state index contributed by atoms with van der Waals surface area (Å²) in [7, 11) is 0. The Bertz CT molecular complexity index is 486. The van der Waals surface area contributed by atoms with Crippen LogP contribution in [0.3, 0.4) is 0 Å². The minimum absolute atomic E-state index is 0.119. The van der Waals surface area contributed by atoms with Crippen molar-refractivity contribution in [2.45, 2.75) is 37.8 Å². The van der Waals surface area contributed by atoms with Crippen molar-refractivity contribution in [2.24, 2.45) is 0 Å². The Hall–Kier alpha value is -0.590. The number of nitrogen functional groups attached to an aromatic ring is 1. The maximum absolute atomic E-state index is 12.2. The molecule has 2 rings (SSSR count). The number of nitrogens with two attached hydrogens (primary N) is 1. The zero-order valence-corrected chi connectivity index (χ0v) is 13.5. The van der Waals surface area contributed by atoms with E-state index in [1.54, 1.807) is 6.07 Å². The normalized spacial score (nSPS) is 23.1. The molecule has 1 saturated carbocycles. The van der Waals surface area contributed by atoms with E-state index in [0.717, 1.165) is 30.2 Å². The van der Waals surface area contributed by atoms with Gasteiger partial charge in [0.25, 0.3) is 5.91 Å². The molecule has 19 heavy (non-hydrogen) atoms. The summed E-state index contributed by atoms with van der Waals surface area (Å²) in [6, 6.07) is 3.64. The number of carbonyl (C=O) groups excluding carboxylic acids is 1. The molecule has 0 radical (unpaired) electrons. The summed E-state index contributed by atoms with van der Waals surface area (Å²) < 4.78 is 1.50. The van der Waals surface area contributed by atoms with Crippen LogP contribution in [0.1, 0.15) is 36.0 Å². The van der Waals surface area contributed by atoms with Gasteiger partial charge in [-0.05, 0) is 53.7 Å². The van der Waals surface area contributed by atoms with Gasteiger partial charge in [0.05, 0.1) is 17.4 Å². The molecule has 1 aliphatic carbocycles. The summed E-state index contributed by atoms with van der Waals surface area (Å²) in [5.41, 5.74) is 6.82. The van der Waals surface area contributed by atoms with Gasteiger partial charge in [-0.2, -0.15) is 0 Å². The predicted octanol–water partition coefficient (Wildman–Crippen LogP) is 2.83. The monoisotopic (exact) mass is 390 g/mol. The zero-order chi connectivity index (χ0) is 14.0. The van der Waals surface area contributed by atoms with Crippen LogP contribution in [0.25, 0.3) is 0 Å². The number of halogens is 2. The van der Waals surface area contributed by atoms with E-state index >= 15 is 0 Å². The second-order valence-electron chi connectivity index (χ2n) is 4.83. The van der Waals surface area contributed by atoms with Crippen molar-refractivity contribution in [1.82, 2.24) is 5.32 Å². The van der Waals surface area contributed by atoms with Crippen molar-refractivity contribution in [1.29, 1.82) is 0 Å². The maximum atomic E-state index is 12.2. The smallest absolute Gasteiger partial charge is 0.253 e. The highest BCUT2D eigenvalue weighted by molar-refractivity contribution is 9.11. The van der Waals surface area contributed by atoms with Crippen LogP contribution < -0.4 is 11.1 Å². The lowest BCUT2D eigenvalue weighted by Crippen LogP contribution is -2.38. The van der Waals surface area contributed by atoms with E-state index in [4.69, 9.17) is 5.73 Å². The summed E-state index contributed by atoms with van der Waals surface area (Å²) in [6.07, 6.45) is 2.87. The van der Waals surface area contributed by atoms with E-state index in [9.17, 15) is 9.90 Å². The molecule has 0 aliphatic heterocycles. The molecule has 6 heteroatoms. The Morgan fingerprint density at radius 1 is 1.26 bits per heavy atom. The van der Waals surface area contributed by atoms with E-state index in [1.807, 2.05) is 6.07 Å². The highest BCUT2D eigenvalue weighted by Gasteiger charge is 2.22. The first-order chi connectivity index (χ1) is 8.97. The number of amides is 1. The largest absolute Gasteiger partial charge is 0.397 e. The average Bonchev–Trinajstić information content (AvgIpc) is 2.36. The molecule has 0 aromatic heterocycles. The molecule has 0 atom stereocenters. The minimum atomic E-state index is -0.224. The number of nitrogens with one attached hydrogen (secondary N) is 1. The SMILES string of the molecule is Nc1c(Br)cc(Br)cc1C(=O)NC1CCC(O)CC1. The number of rotatable bonds is 2. The van der Waals surface area contributed by atoms with Gasteiger partial charge in [0.2, 0.25) is 0 Å². The molecule has 0 bridgehead atoms. The Morgan fingerprint density at radius 2 is 1.89 bits per heavy atom. The van der Waals surface area contributed by atoms with Gasteiger partial charge in [-0.1, -0.05) is 15.9 Å². The number of aliphatic hydroxyl groups excluding tert-OH is 1. The Kier molecular flexibility index (Phi) is 4.86. The lowest BCUT2D eigenvalue weighted by Gasteiger charge is -2.26. The van der Waals surface area contributed by atoms with Crippen LogP contribution >= 0.6 is 31.9 Å². The summed E-state index contributed by atoms with van der Waals surface area (Å²) in [6.45, 7) is 0. The Labute approximate surface area is 129 Å². The van der Waals surface area contributed by atoms with Gasteiger partial charge in [0.15, 0.2) is 0 Å². The molecule has 0 saturated heterocycles. The first-order valence-corrected chi connectivity index (χ1v) is 7.79. The molecular weight excluding hydrogens is 376 g/mol. The highest BCUT2D eigenvalue weighted by atomic mass is 79.9. The fraction of sp³-hybridized carbons (Fsp3) is 0.462. The van der Waals surface area contributed by atoms with Crippen molar-refractivity contribution in [3.63, 3.8) is 0 Å². The summed E-state index contributed by atoms with van der Waals surface area (Å²) in [5, 5.41) is 12.4. The van der Waals surface area contributed by atoms with Crippen molar-refractivity contribution >= 4 is 43.5 Å². The molecule has 1 aliphatic rings. The van der Waals surface area contributed by atoms with E-state index in [-0.39, 0.29) is 18.1 Å². The van der Waals surface area contributed by atoms with Gasteiger partial charge in [0.1, 0.15) is 0 Å². The fourth-order valence-corrected chi connectivity index (χ4v) is 3.48. The third kappa shape index (κ3) is 3.70. The molecule has 0 spiro atoms. The molecule has 0 heterocycles. The Balaban J connectivity index is 2.08. The molecule has 0 unspecified atom stereocenters. The summed E-state index contributed by atoms with van der Waals surface area (Å²) in [5.74, 6) is -0.166. The Morgan fingerprint density at radius 3 is 2.53 bits per heavy atom. The third-order valence-corrected chi connectivity index (χ3v) is 4.48. The van der Waals surface area contributed by atoms with E-state index < -0.39 is 0 Å². The maximum Gasteiger partial charge on any atom is 0.253 e. The number of hydrogen-bond acceptors (Lipinski definition) is 3. The van der Waals surface area contributed by atoms with Crippen molar-refractivity contribution in [3.8, 4) is 0 Å². The quantitative estimate of drug-likeness (QED) is 0.678. The molecule has 1 aromatic carbocycles. The molecule has 4 N–H and O–H groups in total. The first-order valence-electron chi connectivity index (χ1n) is 6.21. The number of anilines is 1. The number of carbonyl (C=O) groups is 1. The number of hydrogen-bond donors (Lipinski definition) is 3. The van der Waals surface area contributed by atoms with E-state index in [0.29, 0.717) is 15.7 Å². The lowest BCUT2D eigenvalue weighted by molar-refractivity contribution is 0.0868. The average molecular weight is 392 g/mol. The summed E-state index contributed by atoms with van der Waals surface area (Å²) >= 11 is 6.68. The second-order valence-corrected chi connectivity index (χ2v) is 6.60. The van der Waals surface area contributed by atoms with Gasteiger partial charge in [-0.15, -0.1) is 0 Å². The third-order valence-electron chi connectivity index (χ3n) is 3.37. The van der Waals surface area contributed by atoms with Crippen molar-refractivity contribution in [2.75, 3.05) is 5.73 Å². The number of benzene rings is 1. The van der Waals surface area contributed by atoms with E-state index in [2.05, 4.69) is 37.2 Å². The van der Waals surface area contributed by atoms with Gasteiger partial charge in [-0.3, -0.25) is 4.79 Å².